The summed E-state index contributed by atoms with van der Waals surface area (Å²) < 4.78 is 0. The lowest BCUT2D eigenvalue weighted by Crippen LogP contribution is -2.52. The lowest BCUT2D eigenvalue weighted by Gasteiger charge is -2.37. The van der Waals surface area contributed by atoms with Crippen LogP contribution in [0, 0.1) is 11.8 Å². The molecule has 112 valence electrons. The van der Waals surface area contributed by atoms with Crippen molar-refractivity contribution in [3.8, 4) is 0 Å². The first-order valence-electron chi connectivity index (χ1n) is 8.21. The van der Waals surface area contributed by atoms with Crippen molar-refractivity contribution in [3.05, 3.63) is 0 Å². The van der Waals surface area contributed by atoms with Crippen LogP contribution in [0.2, 0.25) is 0 Å². The maximum absolute atomic E-state index is 10.8. The molecule has 2 saturated carbocycles. The average molecular weight is 268 g/mol. The summed E-state index contributed by atoms with van der Waals surface area (Å²) in [6.45, 7) is 6.90. The van der Waals surface area contributed by atoms with Gasteiger partial charge in [-0.3, -0.25) is 4.90 Å². The van der Waals surface area contributed by atoms with Crippen molar-refractivity contribution in [3.63, 3.8) is 0 Å². The van der Waals surface area contributed by atoms with Gasteiger partial charge in [0.2, 0.25) is 0 Å². The van der Waals surface area contributed by atoms with E-state index in [1.54, 1.807) is 0 Å². The van der Waals surface area contributed by atoms with Crippen molar-refractivity contribution < 1.29 is 5.11 Å². The minimum atomic E-state index is -0.625. The van der Waals surface area contributed by atoms with Crippen LogP contribution in [-0.4, -0.2) is 41.3 Å². The van der Waals surface area contributed by atoms with Gasteiger partial charge < -0.3 is 10.8 Å². The standard InChI is InChI=1S/C16H32N2O/c1-13(2)9-10-18(15-5-3-4-6-15)12-16(19,11-17)14-7-8-14/h13-15,19H,3-12,17H2,1-2H3. The SMILES string of the molecule is CC(C)CCN(CC(O)(CN)C1CC1)C1CCCC1. The maximum atomic E-state index is 10.8. The smallest absolute Gasteiger partial charge is 0.0923 e. The average Bonchev–Trinajstić information content (AvgIpc) is 3.11. The predicted octanol–water partition coefficient (Wildman–Crippen LogP) is 2.38. The van der Waals surface area contributed by atoms with Crippen molar-refractivity contribution in [1.82, 2.24) is 4.90 Å². The number of rotatable bonds is 8. The monoisotopic (exact) mass is 268 g/mol. The van der Waals surface area contributed by atoms with Gasteiger partial charge in [-0.25, -0.2) is 0 Å². The molecular weight excluding hydrogens is 236 g/mol. The summed E-state index contributed by atoms with van der Waals surface area (Å²) in [4.78, 5) is 2.55. The number of hydrogen-bond acceptors (Lipinski definition) is 3. The van der Waals surface area contributed by atoms with Gasteiger partial charge in [0.05, 0.1) is 5.60 Å². The van der Waals surface area contributed by atoms with Crippen LogP contribution in [0.5, 0.6) is 0 Å². The van der Waals surface area contributed by atoms with Gasteiger partial charge in [0.25, 0.3) is 0 Å². The molecule has 19 heavy (non-hydrogen) atoms. The minimum Gasteiger partial charge on any atom is -0.387 e. The number of aliphatic hydroxyl groups is 1. The zero-order valence-corrected chi connectivity index (χ0v) is 12.8. The van der Waals surface area contributed by atoms with Crippen molar-refractivity contribution >= 4 is 0 Å². The van der Waals surface area contributed by atoms with Gasteiger partial charge >= 0.3 is 0 Å². The van der Waals surface area contributed by atoms with Crippen LogP contribution in [0.4, 0.5) is 0 Å². The molecule has 0 spiro atoms. The number of nitrogens with zero attached hydrogens (tertiary/aromatic N) is 1. The van der Waals surface area contributed by atoms with E-state index in [1.165, 1.54) is 32.1 Å². The van der Waals surface area contributed by atoms with Gasteiger partial charge in [-0.05, 0) is 50.5 Å². The van der Waals surface area contributed by atoms with E-state index in [0.29, 0.717) is 18.5 Å². The molecule has 0 aromatic carbocycles. The Morgan fingerprint density at radius 1 is 1.21 bits per heavy atom. The van der Waals surface area contributed by atoms with Crippen LogP contribution >= 0.6 is 0 Å². The van der Waals surface area contributed by atoms with Crippen LogP contribution in [0.25, 0.3) is 0 Å². The van der Waals surface area contributed by atoms with E-state index in [0.717, 1.165) is 31.8 Å². The third kappa shape index (κ3) is 4.17. The fourth-order valence-corrected chi connectivity index (χ4v) is 3.42. The zero-order chi connectivity index (χ0) is 13.9. The Hall–Kier alpha value is -0.120. The van der Waals surface area contributed by atoms with Crippen LogP contribution in [0.3, 0.4) is 0 Å². The van der Waals surface area contributed by atoms with Crippen LogP contribution in [0.1, 0.15) is 58.8 Å². The Balaban J connectivity index is 1.94. The van der Waals surface area contributed by atoms with Crippen molar-refractivity contribution in [1.29, 1.82) is 0 Å². The summed E-state index contributed by atoms with van der Waals surface area (Å²) in [5.41, 5.74) is 5.25. The van der Waals surface area contributed by atoms with E-state index in [9.17, 15) is 5.11 Å². The van der Waals surface area contributed by atoms with E-state index >= 15 is 0 Å². The van der Waals surface area contributed by atoms with E-state index < -0.39 is 5.60 Å². The number of nitrogens with two attached hydrogens (primary N) is 1. The van der Waals surface area contributed by atoms with Gasteiger partial charge in [0, 0.05) is 19.1 Å². The molecule has 0 heterocycles. The molecule has 2 rings (SSSR count). The minimum absolute atomic E-state index is 0.419. The molecular formula is C16H32N2O. The molecule has 1 unspecified atom stereocenters. The summed E-state index contributed by atoms with van der Waals surface area (Å²) in [5.74, 6) is 1.19. The summed E-state index contributed by atoms with van der Waals surface area (Å²) >= 11 is 0. The highest BCUT2D eigenvalue weighted by atomic mass is 16.3. The van der Waals surface area contributed by atoms with E-state index in [4.69, 9.17) is 5.73 Å². The van der Waals surface area contributed by atoms with Crippen LogP contribution in [0.15, 0.2) is 0 Å². The fourth-order valence-electron chi connectivity index (χ4n) is 3.42. The molecule has 0 aromatic rings. The van der Waals surface area contributed by atoms with Gasteiger partial charge in [-0.1, -0.05) is 26.7 Å². The zero-order valence-electron chi connectivity index (χ0n) is 12.8. The third-order valence-corrected chi connectivity index (χ3v) is 5.00. The van der Waals surface area contributed by atoms with E-state index in [2.05, 4.69) is 18.7 Å². The van der Waals surface area contributed by atoms with Gasteiger partial charge in [-0.15, -0.1) is 0 Å². The normalized spacial score (nSPS) is 24.3. The summed E-state index contributed by atoms with van der Waals surface area (Å²) in [7, 11) is 0. The molecule has 3 N–H and O–H groups in total. The quantitative estimate of drug-likeness (QED) is 0.710. The van der Waals surface area contributed by atoms with Crippen molar-refractivity contribution in [2.24, 2.45) is 17.6 Å². The lowest BCUT2D eigenvalue weighted by molar-refractivity contribution is -0.0202. The molecule has 3 heteroatoms. The topological polar surface area (TPSA) is 49.5 Å². The fraction of sp³-hybridized carbons (Fsp3) is 1.00. The maximum Gasteiger partial charge on any atom is 0.0923 e. The van der Waals surface area contributed by atoms with Gasteiger partial charge in [-0.2, -0.15) is 0 Å². The Bertz CT molecular complexity index is 272. The van der Waals surface area contributed by atoms with Crippen LogP contribution in [-0.2, 0) is 0 Å². The second-order valence-corrected chi connectivity index (χ2v) is 7.17. The van der Waals surface area contributed by atoms with Crippen LogP contribution < -0.4 is 5.73 Å². The molecule has 0 aliphatic heterocycles. The third-order valence-electron chi connectivity index (χ3n) is 5.00. The first kappa shape index (κ1) is 15.3. The van der Waals surface area contributed by atoms with Gasteiger partial charge in [0.15, 0.2) is 0 Å². The molecule has 0 aromatic heterocycles. The molecule has 0 saturated heterocycles. The summed E-state index contributed by atoms with van der Waals surface area (Å²) in [6, 6.07) is 0.690. The number of hydrogen-bond donors (Lipinski definition) is 2. The van der Waals surface area contributed by atoms with E-state index in [-0.39, 0.29) is 0 Å². The van der Waals surface area contributed by atoms with Crippen molar-refractivity contribution in [2.45, 2.75) is 70.4 Å². The highest BCUT2D eigenvalue weighted by molar-refractivity contribution is 4.98. The van der Waals surface area contributed by atoms with E-state index in [1.807, 2.05) is 0 Å². The molecule has 2 fully saturated rings. The lowest BCUT2D eigenvalue weighted by atomic mass is 9.95. The Morgan fingerprint density at radius 3 is 2.32 bits per heavy atom. The first-order valence-corrected chi connectivity index (χ1v) is 8.21. The molecule has 0 bridgehead atoms. The highest BCUT2D eigenvalue weighted by Crippen LogP contribution is 2.40. The Kier molecular flexibility index (Phi) is 5.27. The summed E-state index contributed by atoms with van der Waals surface area (Å²) in [5, 5.41) is 10.8. The molecule has 1 atom stereocenters. The highest BCUT2D eigenvalue weighted by Gasteiger charge is 2.44. The molecule has 2 aliphatic rings. The molecule has 0 amide bonds. The molecule has 3 nitrogen and oxygen atoms in total. The predicted molar refractivity (Wildman–Crippen MR) is 80.0 cm³/mol. The molecule has 2 aliphatic carbocycles. The Labute approximate surface area is 118 Å². The second-order valence-electron chi connectivity index (χ2n) is 7.17. The Morgan fingerprint density at radius 2 is 1.84 bits per heavy atom. The summed E-state index contributed by atoms with van der Waals surface area (Å²) in [6.07, 6.45) is 8.88. The molecule has 0 radical (unpaired) electrons. The van der Waals surface area contributed by atoms with Gasteiger partial charge in [0.1, 0.15) is 0 Å². The first-order chi connectivity index (χ1) is 9.05. The largest absolute Gasteiger partial charge is 0.387 e. The second kappa shape index (κ2) is 6.55. The van der Waals surface area contributed by atoms with Crippen molar-refractivity contribution in [2.75, 3.05) is 19.6 Å².